The van der Waals surface area contributed by atoms with Crippen molar-refractivity contribution < 1.29 is 19.1 Å². The highest BCUT2D eigenvalue weighted by molar-refractivity contribution is 6.24. The Morgan fingerprint density at radius 3 is 2.07 bits per heavy atom. The molecule has 15 heavy (non-hydrogen) atoms. The molecule has 4 nitrogen and oxygen atoms in total. The molecular formula is C11H4O4. The Kier molecular flexibility index (Phi) is 0.639. The van der Waals surface area contributed by atoms with Crippen molar-refractivity contribution in [2.45, 2.75) is 17.6 Å². The van der Waals surface area contributed by atoms with Gasteiger partial charge < -0.3 is 9.47 Å². The summed E-state index contributed by atoms with van der Waals surface area (Å²) in [6, 6.07) is 0. The quantitative estimate of drug-likeness (QED) is 0.522. The fourth-order valence-corrected chi connectivity index (χ4v) is 3.26. The fourth-order valence-electron chi connectivity index (χ4n) is 3.26. The van der Waals surface area contributed by atoms with E-state index in [1.165, 1.54) is 12.2 Å². The number of fused-ring (bicyclic) bond motifs is 3. The Morgan fingerprint density at radius 2 is 1.53 bits per heavy atom. The molecule has 2 aliphatic heterocycles. The number of epoxide rings is 2. The van der Waals surface area contributed by atoms with E-state index in [9.17, 15) is 9.59 Å². The van der Waals surface area contributed by atoms with E-state index in [1.807, 2.05) is 0 Å². The van der Waals surface area contributed by atoms with Gasteiger partial charge in [0.15, 0.2) is 34.3 Å². The number of carbonyl (C=O) groups excluding carboxylic acids is 2. The third-order valence-corrected chi connectivity index (χ3v) is 3.96. The molecule has 0 aromatic carbocycles. The number of hydrogen-bond donors (Lipinski definition) is 0. The molecule has 2 unspecified atom stereocenters. The van der Waals surface area contributed by atoms with Gasteiger partial charge in [0.2, 0.25) is 0 Å². The molecule has 0 aromatic heterocycles. The summed E-state index contributed by atoms with van der Waals surface area (Å²) in [6.07, 6.45) is 3.33. The van der Waals surface area contributed by atoms with Gasteiger partial charge in [0.25, 0.3) is 0 Å². The zero-order valence-corrected chi connectivity index (χ0v) is 7.49. The topological polar surface area (TPSA) is 59.2 Å². The van der Waals surface area contributed by atoms with Crippen molar-refractivity contribution in [3.05, 3.63) is 34.8 Å². The first-order valence-corrected chi connectivity index (χ1v) is 4.84. The van der Waals surface area contributed by atoms with Crippen LogP contribution in [0.15, 0.2) is 34.8 Å². The van der Waals surface area contributed by atoms with Gasteiger partial charge in [-0.2, -0.15) is 0 Å². The zero-order valence-electron chi connectivity index (χ0n) is 7.49. The van der Waals surface area contributed by atoms with Gasteiger partial charge in [0, 0.05) is 17.6 Å². The smallest absolute Gasteiger partial charge is 0.198 e. The summed E-state index contributed by atoms with van der Waals surface area (Å²) in [5.74, 6) is 1.37. The second kappa shape index (κ2) is 1.42. The molecule has 1 saturated carbocycles. The lowest BCUT2D eigenvalue weighted by Crippen LogP contribution is -2.39. The van der Waals surface area contributed by atoms with Gasteiger partial charge in [-0.3, -0.25) is 9.59 Å². The summed E-state index contributed by atoms with van der Waals surface area (Å²) in [7, 11) is 0. The van der Waals surface area contributed by atoms with Crippen molar-refractivity contribution in [2.24, 2.45) is 0 Å². The minimum atomic E-state index is -0.983. The average molecular weight is 200 g/mol. The fraction of sp³-hybridized carbons (Fsp3) is 0.273. The second-order valence-electron chi connectivity index (χ2n) is 4.42. The van der Waals surface area contributed by atoms with Crippen LogP contribution in [0.4, 0.5) is 0 Å². The van der Waals surface area contributed by atoms with Gasteiger partial charge in [-0.15, -0.1) is 0 Å². The molecule has 5 rings (SSSR count). The lowest BCUT2D eigenvalue weighted by molar-refractivity contribution is -0.121. The largest absolute Gasteiger partial charge is 0.449 e. The molecule has 2 atom stereocenters. The van der Waals surface area contributed by atoms with Gasteiger partial charge in [0.1, 0.15) is 0 Å². The highest BCUT2D eigenvalue weighted by atomic mass is 16.7. The highest BCUT2D eigenvalue weighted by Gasteiger charge is 2.89. The van der Waals surface area contributed by atoms with E-state index in [4.69, 9.17) is 9.47 Å². The van der Waals surface area contributed by atoms with Gasteiger partial charge in [-0.25, -0.2) is 0 Å². The monoisotopic (exact) mass is 200 g/mol. The highest BCUT2D eigenvalue weighted by Crippen LogP contribution is 2.75. The van der Waals surface area contributed by atoms with Crippen molar-refractivity contribution in [1.82, 2.24) is 0 Å². The van der Waals surface area contributed by atoms with Crippen LogP contribution >= 0.6 is 0 Å². The van der Waals surface area contributed by atoms with Crippen molar-refractivity contribution in [1.29, 1.82) is 0 Å². The molecule has 5 aliphatic rings. The molecule has 0 spiro atoms. The Balaban J connectivity index is 1.95. The molecule has 4 heteroatoms. The van der Waals surface area contributed by atoms with Crippen LogP contribution < -0.4 is 0 Å². The summed E-state index contributed by atoms with van der Waals surface area (Å²) >= 11 is 0. The second-order valence-corrected chi connectivity index (χ2v) is 4.42. The third-order valence-electron chi connectivity index (χ3n) is 3.96. The van der Waals surface area contributed by atoms with E-state index in [0.29, 0.717) is 6.42 Å². The van der Waals surface area contributed by atoms with E-state index in [-0.39, 0.29) is 11.6 Å². The minimum absolute atomic E-state index is 0.117. The summed E-state index contributed by atoms with van der Waals surface area (Å²) < 4.78 is 10.8. The van der Waals surface area contributed by atoms with Crippen LogP contribution in [0.25, 0.3) is 0 Å². The van der Waals surface area contributed by atoms with Crippen LogP contribution in [-0.2, 0) is 19.1 Å². The molecule has 0 amide bonds. The minimum Gasteiger partial charge on any atom is -0.449 e. The van der Waals surface area contributed by atoms with Crippen molar-refractivity contribution in [3.8, 4) is 0 Å². The van der Waals surface area contributed by atoms with Crippen LogP contribution in [0.5, 0.6) is 0 Å². The van der Waals surface area contributed by atoms with Crippen LogP contribution in [-0.4, -0.2) is 22.8 Å². The van der Waals surface area contributed by atoms with E-state index in [0.717, 1.165) is 22.7 Å². The Hall–Kier alpha value is -1.68. The number of carbonyl (C=O) groups is 2. The van der Waals surface area contributed by atoms with E-state index >= 15 is 0 Å². The summed E-state index contributed by atoms with van der Waals surface area (Å²) in [5.41, 5.74) is -0.224. The van der Waals surface area contributed by atoms with Gasteiger partial charge in [-0.1, -0.05) is 0 Å². The number of ether oxygens (including phenoxy) is 2. The Bertz CT molecular complexity index is 556. The first-order valence-electron chi connectivity index (χ1n) is 4.84. The normalized spacial score (nSPS) is 46.7. The molecule has 2 bridgehead atoms. The predicted molar refractivity (Wildman–Crippen MR) is 45.5 cm³/mol. The first-order chi connectivity index (χ1) is 7.22. The maximum atomic E-state index is 11.9. The summed E-state index contributed by atoms with van der Waals surface area (Å²) in [6.45, 7) is 0. The van der Waals surface area contributed by atoms with Gasteiger partial charge in [-0.05, 0) is 12.2 Å². The van der Waals surface area contributed by atoms with Gasteiger partial charge in [0.05, 0.1) is 0 Å². The zero-order chi connectivity index (χ0) is 10.00. The average Bonchev–Trinajstić information content (AvgIpc) is 3.12. The summed E-state index contributed by atoms with van der Waals surface area (Å²) in [5, 5.41) is 0. The van der Waals surface area contributed by atoms with E-state index in [1.54, 1.807) is 0 Å². The number of ketones is 2. The SMILES string of the molecule is O=C1C=CC(=O)C23OC12C1=C2OC2=C3C1. The Morgan fingerprint density at radius 1 is 1.00 bits per heavy atom. The maximum absolute atomic E-state index is 11.9. The Labute approximate surface area is 83.8 Å². The lowest BCUT2D eigenvalue weighted by atomic mass is 9.79. The molecule has 72 valence electrons. The molecule has 3 fully saturated rings. The molecule has 3 aliphatic carbocycles. The van der Waals surface area contributed by atoms with Crippen molar-refractivity contribution in [2.75, 3.05) is 0 Å². The van der Waals surface area contributed by atoms with Crippen molar-refractivity contribution >= 4 is 11.6 Å². The standard InChI is InChI=1S/C11H4O4/c12-6-1-2-7(13)11-5-3-4(8-9(5)14-8)10(6,11)15-11/h1-2H,3H2. The maximum Gasteiger partial charge on any atom is 0.198 e. The van der Waals surface area contributed by atoms with E-state index in [2.05, 4.69) is 0 Å². The molecule has 2 heterocycles. The molecule has 0 aromatic rings. The van der Waals surface area contributed by atoms with Crippen LogP contribution in [0.2, 0.25) is 0 Å². The molecule has 0 N–H and O–H groups in total. The molecular weight excluding hydrogens is 196 g/mol. The first kappa shape index (κ1) is 6.74. The third kappa shape index (κ3) is 0.386. The van der Waals surface area contributed by atoms with Crippen LogP contribution in [0.1, 0.15) is 6.42 Å². The predicted octanol–water partition coefficient (Wildman–Crippen LogP) is 0.158. The number of rotatable bonds is 0. The van der Waals surface area contributed by atoms with Crippen LogP contribution in [0, 0.1) is 0 Å². The number of hydrogen-bond acceptors (Lipinski definition) is 4. The van der Waals surface area contributed by atoms with Crippen molar-refractivity contribution in [3.63, 3.8) is 0 Å². The molecule has 2 saturated heterocycles. The summed E-state index contributed by atoms with van der Waals surface area (Å²) in [4.78, 5) is 23.7. The molecule has 0 radical (unpaired) electrons. The van der Waals surface area contributed by atoms with Gasteiger partial charge >= 0.3 is 0 Å². The van der Waals surface area contributed by atoms with E-state index < -0.39 is 11.2 Å². The van der Waals surface area contributed by atoms with Crippen LogP contribution in [0.3, 0.4) is 0 Å². The lowest BCUT2D eigenvalue weighted by Gasteiger charge is -2.12.